The van der Waals surface area contributed by atoms with Gasteiger partial charge >= 0.3 is 5.97 Å². The van der Waals surface area contributed by atoms with Gasteiger partial charge in [0.25, 0.3) is 0 Å². The summed E-state index contributed by atoms with van der Waals surface area (Å²) in [5.41, 5.74) is 3.32. The number of ether oxygens (including phenoxy) is 1. The van der Waals surface area contributed by atoms with Crippen LogP contribution in [0.4, 0.5) is 0 Å². The van der Waals surface area contributed by atoms with Crippen molar-refractivity contribution in [2.75, 3.05) is 6.61 Å². The van der Waals surface area contributed by atoms with E-state index in [1.54, 1.807) is 36.1 Å². The standard InChI is InChI=1S/C14H13N5O2/c1-3-21-14(20)11-5-4-10(8-15-11)19-13-12(17-18-19)6-9(2)7-16-13/h4-8H,3H2,1-2H3. The molecule has 0 radical (unpaired) electrons. The lowest BCUT2D eigenvalue weighted by Crippen LogP contribution is -2.08. The van der Waals surface area contributed by atoms with Crippen molar-refractivity contribution < 1.29 is 9.53 Å². The molecule has 0 fully saturated rings. The molecule has 21 heavy (non-hydrogen) atoms. The van der Waals surface area contributed by atoms with E-state index in [1.165, 1.54) is 0 Å². The van der Waals surface area contributed by atoms with E-state index in [-0.39, 0.29) is 5.69 Å². The molecular formula is C14H13N5O2. The average molecular weight is 283 g/mol. The Bertz CT molecular complexity index is 795. The van der Waals surface area contributed by atoms with Gasteiger partial charge in [-0.25, -0.2) is 14.8 Å². The number of pyridine rings is 2. The zero-order chi connectivity index (χ0) is 14.8. The van der Waals surface area contributed by atoms with Crippen LogP contribution in [-0.2, 0) is 4.74 Å². The highest BCUT2D eigenvalue weighted by atomic mass is 16.5. The minimum Gasteiger partial charge on any atom is -0.461 e. The number of rotatable bonds is 3. The molecule has 0 unspecified atom stereocenters. The zero-order valence-electron chi connectivity index (χ0n) is 11.6. The highest BCUT2D eigenvalue weighted by molar-refractivity contribution is 5.87. The fraction of sp³-hybridized carbons (Fsp3) is 0.214. The van der Waals surface area contributed by atoms with Gasteiger partial charge in [0, 0.05) is 6.20 Å². The van der Waals surface area contributed by atoms with Crippen LogP contribution in [-0.4, -0.2) is 37.5 Å². The monoisotopic (exact) mass is 283 g/mol. The van der Waals surface area contributed by atoms with Crippen LogP contribution in [0.15, 0.2) is 30.6 Å². The zero-order valence-corrected chi connectivity index (χ0v) is 11.6. The second-order valence-electron chi connectivity index (χ2n) is 4.48. The van der Waals surface area contributed by atoms with E-state index in [1.807, 2.05) is 13.0 Å². The molecule has 3 aromatic rings. The lowest BCUT2D eigenvalue weighted by Gasteiger charge is -2.03. The molecular weight excluding hydrogens is 270 g/mol. The number of hydrogen-bond acceptors (Lipinski definition) is 6. The van der Waals surface area contributed by atoms with Crippen molar-refractivity contribution in [1.29, 1.82) is 0 Å². The molecule has 0 aromatic carbocycles. The van der Waals surface area contributed by atoms with Crippen LogP contribution in [0.1, 0.15) is 23.0 Å². The van der Waals surface area contributed by atoms with Gasteiger partial charge in [0.05, 0.1) is 18.5 Å². The summed E-state index contributed by atoms with van der Waals surface area (Å²) in [4.78, 5) is 20.0. The van der Waals surface area contributed by atoms with Gasteiger partial charge in [-0.3, -0.25) is 0 Å². The lowest BCUT2D eigenvalue weighted by atomic mass is 10.3. The molecule has 0 spiro atoms. The lowest BCUT2D eigenvalue weighted by molar-refractivity contribution is 0.0519. The van der Waals surface area contributed by atoms with E-state index in [0.717, 1.165) is 5.56 Å². The number of aryl methyl sites for hydroxylation is 1. The minimum atomic E-state index is -0.443. The van der Waals surface area contributed by atoms with Crippen LogP contribution < -0.4 is 0 Å². The van der Waals surface area contributed by atoms with Crippen LogP contribution in [0.2, 0.25) is 0 Å². The largest absolute Gasteiger partial charge is 0.461 e. The second-order valence-corrected chi connectivity index (χ2v) is 4.48. The molecule has 3 aromatic heterocycles. The van der Waals surface area contributed by atoms with E-state index in [9.17, 15) is 4.79 Å². The summed E-state index contributed by atoms with van der Waals surface area (Å²) >= 11 is 0. The third-order valence-electron chi connectivity index (χ3n) is 2.90. The first kappa shape index (κ1) is 13.2. The summed E-state index contributed by atoms with van der Waals surface area (Å²) in [6, 6.07) is 5.23. The molecule has 3 heterocycles. The predicted molar refractivity (Wildman–Crippen MR) is 75.1 cm³/mol. The number of carbonyl (C=O) groups is 1. The fourth-order valence-corrected chi connectivity index (χ4v) is 1.93. The van der Waals surface area contributed by atoms with Gasteiger partial charge in [0.15, 0.2) is 5.65 Å². The fourth-order valence-electron chi connectivity index (χ4n) is 1.93. The molecule has 0 aliphatic carbocycles. The normalized spacial score (nSPS) is 10.8. The third-order valence-corrected chi connectivity index (χ3v) is 2.90. The van der Waals surface area contributed by atoms with Crippen molar-refractivity contribution in [2.24, 2.45) is 0 Å². The topological polar surface area (TPSA) is 82.8 Å². The molecule has 0 aliphatic rings. The Morgan fingerprint density at radius 1 is 1.29 bits per heavy atom. The molecule has 0 atom stereocenters. The Hall–Kier alpha value is -2.83. The molecule has 0 N–H and O–H groups in total. The number of esters is 1. The Balaban J connectivity index is 1.97. The molecule has 0 bridgehead atoms. The Kier molecular flexibility index (Phi) is 3.31. The molecule has 7 nitrogen and oxygen atoms in total. The van der Waals surface area contributed by atoms with Crippen molar-refractivity contribution in [3.05, 3.63) is 41.9 Å². The first-order chi connectivity index (χ1) is 10.2. The van der Waals surface area contributed by atoms with Gasteiger partial charge in [-0.15, -0.1) is 5.10 Å². The molecule has 0 amide bonds. The number of aromatic nitrogens is 5. The first-order valence-electron chi connectivity index (χ1n) is 6.50. The molecule has 7 heteroatoms. The maximum absolute atomic E-state index is 11.6. The van der Waals surface area contributed by atoms with Crippen LogP contribution in [0, 0.1) is 6.92 Å². The van der Waals surface area contributed by atoms with Crippen LogP contribution in [0.25, 0.3) is 16.9 Å². The van der Waals surface area contributed by atoms with Crippen molar-refractivity contribution in [1.82, 2.24) is 25.0 Å². The van der Waals surface area contributed by atoms with Gasteiger partial charge in [0.2, 0.25) is 0 Å². The van der Waals surface area contributed by atoms with E-state index < -0.39 is 5.97 Å². The van der Waals surface area contributed by atoms with E-state index in [2.05, 4.69) is 20.3 Å². The maximum atomic E-state index is 11.6. The minimum absolute atomic E-state index is 0.258. The first-order valence-corrected chi connectivity index (χ1v) is 6.50. The smallest absolute Gasteiger partial charge is 0.356 e. The summed E-state index contributed by atoms with van der Waals surface area (Å²) in [7, 11) is 0. The van der Waals surface area contributed by atoms with Gasteiger partial charge < -0.3 is 4.74 Å². The second kappa shape index (κ2) is 5.28. The van der Waals surface area contributed by atoms with Gasteiger partial charge in [-0.1, -0.05) is 5.21 Å². The quantitative estimate of drug-likeness (QED) is 0.680. The Labute approximate surface area is 120 Å². The number of nitrogens with zero attached hydrogens (tertiary/aromatic N) is 5. The van der Waals surface area contributed by atoms with Crippen molar-refractivity contribution >= 4 is 17.1 Å². The van der Waals surface area contributed by atoms with Gasteiger partial charge in [-0.05, 0) is 37.6 Å². The van der Waals surface area contributed by atoms with Gasteiger partial charge in [-0.2, -0.15) is 4.68 Å². The highest BCUT2D eigenvalue weighted by Crippen LogP contribution is 2.14. The summed E-state index contributed by atoms with van der Waals surface area (Å²) in [6.45, 7) is 4.02. The van der Waals surface area contributed by atoms with Crippen molar-refractivity contribution in [3.8, 4) is 5.69 Å². The predicted octanol–water partition coefficient (Wildman–Crippen LogP) is 1.70. The maximum Gasteiger partial charge on any atom is 0.356 e. The SMILES string of the molecule is CCOC(=O)c1ccc(-n2nnc3cc(C)cnc32)cn1. The van der Waals surface area contributed by atoms with Gasteiger partial charge in [0.1, 0.15) is 11.2 Å². The Morgan fingerprint density at radius 2 is 2.14 bits per heavy atom. The van der Waals surface area contributed by atoms with Crippen molar-refractivity contribution in [3.63, 3.8) is 0 Å². The average Bonchev–Trinajstić information content (AvgIpc) is 2.90. The summed E-state index contributed by atoms with van der Waals surface area (Å²) in [5, 5.41) is 8.14. The van der Waals surface area contributed by atoms with Crippen LogP contribution in [0.3, 0.4) is 0 Å². The van der Waals surface area contributed by atoms with E-state index >= 15 is 0 Å². The molecule has 0 saturated heterocycles. The summed E-state index contributed by atoms with van der Waals surface area (Å²) in [6.07, 6.45) is 3.30. The van der Waals surface area contributed by atoms with Crippen molar-refractivity contribution in [2.45, 2.75) is 13.8 Å². The van der Waals surface area contributed by atoms with E-state index in [0.29, 0.717) is 23.5 Å². The molecule has 0 saturated carbocycles. The van der Waals surface area contributed by atoms with Crippen LogP contribution in [0.5, 0.6) is 0 Å². The third kappa shape index (κ3) is 2.45. The number of carbonyl (C=O) groups excluding carboxylic acids is 1. The van der Waals surface area contributed by atoms with Crippen LogP contribution >= 0.6 is 0 Å². The molecule has 3 rings (SSSR count). The molecule has 106 valence electrons. The Morgan fingerprint density at radius 3 is 2.86 bits per heavy atom. The summed E-state index contributed by atoms with van der Waals surface area (Å²) in [5.74, 6) is -0.443. The number of hydrogen-bond donors (Lipinski definition) is 0. The number of fused-ring (bicyclic) bond motifs is 1. The van der Waals surface area contributed by atoms with E-state index in [4.69, 9.17) is 4.74 Å². The summed E-state index contributed by atoms with van der Waals surface area (Å²) < 4.78 is 6.47. The highest BCUT2D eigenvalue weighted by Gasteiger charge is 2.11. The molecule has 0 aliphatic heterocycles.